The van der Waals surface area contributed by atoms with Crippen LogP contribution >= 0.6 is 0 Å². The van der Waals surface area contributed by atoms with Crippen molar-refractivity contribution in [3.05, 3.63) is 66.2 Å². The molecule has 0 saturated carbocycles. The van der Waals surface area contributed by atoms with E-state index in [2.05, 4.69) is 26.7 Å². The Morgan fingerprint density at radius 1 is 1.08 bits per heavy atom. The summed E-state index contributed by atoms with van der Waals surface area (Å²) in [4.78, 5) is 9.00. The number of nitrogens with zero attached hydrogens (tertiary/aromatic N) is 3. The summed E-state index contributed by atoms with van der Waals surface area (Å²) in [6.45, 7) is 1.82. The van der Waals surface area contributed by atoms with Crippen LogP contribution in [0.3, 0.4) is 0 Å². The highest BCUT2D eigenvalue weighted by Gasteiger charge is 2.10. The molecule has 0 aliphatic heterocycles. The zero-order valence-corrected chi connectivity index (χ0v) is 14.3. The molecule has 0 radical (unpaired) electrons. The van der Waals surface area contributed by atoms with E-state index in [0.717, 1.165) is 11.3 Å². The minimum Gasteiger partial charge on any atom is -0.394 e. The van der Waals surface area contributed by atoms with Gasteiger partial charge in [0.1, 0.15) is 11.9 Å². The standard InChI is InChI=1S/C20H19N5O/c1-14(13-26)22-20-24-18(15-7-3-2-4-8-15)11-19(25-20)23-17-10-6-5-9-16(17)12-21/h2-11,14,26H,13H2,1H3,(H2,22,23,24,25)/t14-/m1/s1. The number of rotatable bonds is 6. The van der Waals surface area contributed by atoms with Crippen LogP contribution in [0.25, 0.3) is 11.3 Å². The van der Waals surface area contributed by atoms with Gasteiger partial charge < -0.3 is 15.7 Å². The summed E-state index contributed by atoms with van der Waals surface area (Å²) in [6, 6.07) is 20.8. The van der Waals surface area contributed by atoms with Crippen LogP contribution in [0, 0.1) is 11.3 Å². The van der Waals surface area contributed by atoms with Crippen LogP contribution in [0.1, 0.15) is 12.5 Å². The van der Waals surface area contributed by atoms with E-state index in [-0.39, 0.29) is 12.6 Å². The van der Waals surface area contributed by atoms with Gasteiger partial charge >= 0.3 is 0 Å². The smallest absolute Gasteiger partial charge is 0.225 e. The normalized spacial score (nSPS) is 11.4. The summed E-state index contributed by atoms with van der Waals surface area (Å²) in [7, 11) is 0. The Hall–Kier alpha value is -3.43. The molecule has 0 aliphatic carbocycles. The first kappa shape index (κ1) is 17.4. The minimum atomic E-state index is -0.180. The fourth-order valence-electron chi connectivity index (χ4n) is 2.43. The average molecular weight is 345 g/mol. The van der Waals surface area contributed by atoms with Crippen molar-refractivity contribution in [2.24, 2.45) is 0 Å². The van der Waals surface area contributed by atoms with Crippen LogP contribution in [0.15, 0.2) is 60.7 Å². The Labute approximate surface area is 152 Å². The fraction of sp³-hybridized carbons (Fsp3) is 0.150. The van der Waals surface area contributed by atoms with E-state index in [0.29, 0.717) is 23.0 Å². The number of hydrogen-bond acceptors (Lipinski definition) is 6. The number of hydrogen-bond donors (Lipinski definition) is 3. The van der Waals surface area contributed by atoms with Gasteiger partial charge in [-0.25, -0.2) is 4.98 Å². The van der Waals surface area contributed by atoms with Crippen LogP contribution in [0.2, 0.25) is 0 Å². The van der Waals surface area contributed by atoms with Gasteiger partial charge in [-0.05, 0) is 19.1 Å². The molecule has 0 aliphatic rings. The first-order valence-electron chi connectivity index (χ1n) is 8.27. The Kier molecular flexibility index (Phi) is 5.42. The number of aromatic nitrogens is 2. The molecule has 3 aromatic rings. The molecular weight excluding hydrogens is 326 g/mol. The van der Waals surface area contributed by atoms with Crippen LogP contribution < -0.4 is 10.6 Å². The van der Waals surface area contributed by atoms with Crippen LogP contribution in [-0.2, 0) is 0 Å². The molecule has 0 fully saturated rings. The summed E-state index contributed by atoms with van der Waals surface area (Å²) < 4.78 is 0. The van der Waals surface area contributed by atoms with Gasteiger partial charge in [0.15, 0.2) is 0 Å². The monoisotopic (exact) mass is 345 g/mol. The Balaban J connectivity index is 2.01. The van der Waals surface area contributed by atoms with Crippen LogP contribution in [0.4, 0.5) is 17.5 Å². The number of aliphatic hydroxyl groups excluding tert-OH is 1. The lowest BCUT2D eigenvalue weighted by molar-refractivity contribution is 0.281. The molecule has 1 heterocycles. The lowest BCUT2D eigenvalue weighted by Crippen LogP contribution is -2.21. The molecule has 6 nitrogen and oxygen atoms in total. The van der Waals surface area contributed by atoms with Gasteiger partial charge in [-0.1, -0.05) is 42.5 Å². The van der Waals surface area contributed by atoms with Crippen molar-refractivity contribution in [3.63, 3.8) is 0 Å². The second-order valence-electron chi connectivity index (χ2n) is 5.84. The van der Waals surface area contributed by atoms with Gasteiger partial charge in [0.05, 0.1) is 23.6 Å². The maximum Gasteiger partial charge on any atom is 0.225 e. The van der Waals surface area contributed by atoms with E-state index in [1.807, 2.05) is 61.5 Å². The quantitative estimate of drug-likeness (QED) is 0.632. The van der Waals surface area contributed by atoms with Crippen molar-refractivity contribution in [3.8, 4) is 17.3 Å². The van der Waals surface area contributed by atoms with Crippen molar-refractivity contribution in [1.82, 2.24) is 9.97 Å². The van der Waals surface area contributed by atoms with Gasteiger partial charge in [-0.15, -0.1) is 0 Å². The van der Waals surface area contributed by atoms with Crippen molar-refractivity contribution in [2.45, 2.75) is 13.0 Å². The van der Waals surface area contributed by atoms with Crippen LogP contribution in [-0.4, -0.2) is 27.7 Å². The highest BCUT2D eigenvalue weighted by Crippen LogP contribution is 2.25. The molecule has 0 bridgehead atoms. The number of benzene rings is 2. The maximum atomic E-state index is 9.29. The Bertz CT molecular complexity index is 921. The summed E-state index contributed by atoms with van der Waals surface area (Å²) in [5.74, 6) is 0.971. The van der Waals surface area contributed by atoms with Gasteiger partial charge in [0.2, 0.25) is 5.95 Å². The molecule has 0 amide bonds. The van der Waals surface area contributed by atoms with E-state index < -0.39 is 0 Å². The van der Waals surface area contributed by atoms with Gasteiger partial charge in [-0.2, -0.15) is 10.2 Å². The Morgan fingerprint density at radius 2 is 1.81 bits per heavy atom. The Morgan fingerprint density at radius 3 is 2.54 bits per heavy atom. The third-order valence-corrected chi connectivity index (χ3v) is 3.76. The van der Waals surface area contributed by atoms with E-state index >= 15 is 0 Å². The molecule has 3 N–H and O–H groups in total. The third-order valence-electron chi connectivity index (χ3n) is 3.76. The first-order valence-corrected chi connectivity index (χ1v) is 8.27. The maximum absolute atomic E-state index is 9.29. The van der Waals surface area contributed by atoms with E-state index in [1.54, 1.807) is 6.07 Å². The van der Waals surface area contributed by atoms with E-state index in [4.69, 9.17) is 0 Å². The molecule has 0 saturated heterocycles. The second kappa shape index (κ2) is 8.10. The summed E-state index contributed by atoms with van der Waals surface area (Å²) >= 11 is 0. The van der Waals surface area contributed by atoms with Crippen molar-refractivity contribution in [1.29, 1.82) is 5.26 Å². The molecule has 1 aromatic heterocycles. The number of para-hydroxylation sites is 1. The topological polar surface area (TPSA) is 93.9 Å². The zero-order chi connectivity index (χ0) is 18.4. The molecule has 2 aromatic carbocycles. The molecule has 1 atom stereocenters. The fourth-order valence-corrected chi connectivity index (χ4v) is 2.43. The number of nitrogens with one attached hydrogen (secondary N) is 2. The molecule has 0 unspecified atom stereocenters. The summed E-state index contributed by atoms with van der Waals surface area (Å²) in [5, 5.41) is 24.8. The largest absolute Gasteiger partial charge is 0.394 e. The predicted octanol–water partition coefficient (Wildman–Crippen LogP) is 3.55. The summed E-state index contributed by atoms with van der Waals surface area (Å²) in [6.07, 6.45) is 0. The minimum absolute atomic E-state index is 0.0288. The third kappa shape index (κ3) is 4.15. The lowest BCUT2D eigenvalue weighted by Gasteiger charge is -2.14. The highest BCUT2D eigenvalue weighted by atomic mass is 16.3. The van der Waals surface area contributed by atoms with Crippen molar-refractivity contribution < 1.29 is 5.11 Å². The van der Waals surface area contributed by atoms with Crippen molar-refractivity contribution >= 4 is 17.5 Å². The SMILES string of the molecule is C[C@H](CO)Nc1nc(Nc2ccccc2C#N)cc(-c2ccccc2)n1. The van der Waals surface area contributed by atoms with Gasteiger partial charge in [0, 0.05) is 17.7 Å². The molecule has 6 heteroatoms. The zero-order valence-electron chi connectivity index (χ0n) is 14.3. The number of aliphatic hydroxyl groups is 1. The molecule has 26 heavy (non-hydrogen) atoms. The summed E-state index contributed by atoms with van der Waals surface area (Å²) in [5.41, 5.74) is 2.90. The van der Waals surface area contributed by atoms with Gasteiger partial charge in [-0.3, -0.25) is 0 Å². The second-order valence-corrected chi connectivity index (χ2v) is 5.84. The molecule has 130 valence electrons. The van der Waals surface area contributed by atoms with E-state index in [1.165, 1.54) is 0 Å². The lowest BCUT2D eigenvalue weighted by atomic mass is 10.1. The molecule has 3 rings (SSSR count). The number of anilines is 3. The van der Waals surface area contributed by atoms with Crippen LogP contribution in [0.5, 0.6) is 0 Å². The first-order chi connectivity index (χ1) is 12.7. The number of nitriles is 1. The van der Waals surface area contributed by atoms with Gasteiger partial charge in [0.25, 0.3) is 0 Å². The predicted molar refractivity (Wildman–Crippen MR) is 102 cm³/mol. The molecular formula is C20H19N5O. The average Bonchev–Trinajstić information content (AvgIpc) is 2.69. The van der Waals surface area contributed by atoms with Crippen molar-refractivity contribution in [2.75, 3.05) is 17.2 Å². The molecule has 0 spiro atoms. The highest BCUT2D eigenvalue weighted by molar-refractivity contribution is 5.70. The van der Waals surface area contributed by atoms with E-state index in [9.17, 15) is 10.4 Å².